The first kappa shape index (κ1) is 17.8. The third-order valence-corrected chi connectivity index (χ3v) is 4.43. The van der Waals surface area contributed by atoms with Gasteiger partial charge in [-0.1, -0.05) is 42.5 Å². The molecule has 1 aromatic heterocycles. The van der Waals surface area contributed by atoms with E-state index in [1.807, 2.05) is 48.5 Å². The molecular formula is C23H19FN2O2. The van der Waals surface area contributed by atoms with Gasteiger partial charge in [-0.3, -0.25) is 4.79 Å². The molecule has 0 unspecified atom stereocenters. The van der Waals surface area contributed by atoms with Crippen LogP contribution in [0.5, 0.6) is 5.75 Å². The first-order valence-corrected chi connectivity index (χ1v) is 8.99. The van der Waals surface area contributed by atoms with Crippen LogP contribution in [0, 0.1) is 5.82 Å². The van der Waals surface area contributed by atoms with Gasteiger partial charge in [-0.25, -0.2) is 4.39 Å². The van der Waals surface area contributed by atoms with E-state index in [2.05, 4.69) is 10.3 Å². The molecular weight excluding hydrogens is 355 g/mol. The number of hydrogen-bond acceptors (Lipinski definition) is 2. The maximum absolute atomic E-state index is 13.2. The zero-order chi connectivity index (χ0) is 19.3. The summed E-state index contributed by atoms with van der Waals surface area (Å²) in [4.78, 5) is 15.5. The number of benzene rings is 3. The highest BCUT2D eigenvalue weighted by Gasteiger charge is 2.10. The molecule has 4 nitrogen and oxygen atoms in total. The average Bonchev–Trinajstić information content (AvgIpc) is 3.15. The van der Waals surface area contributed by atoms with Crippen molar-refractivity contribution in [2.75, 3.05) is 0 Å². The number of ether oxygens (including phenoxy) is 1. The minimum Gasteiger partial charge on any atom is -0.489 e. The quantitative estimate of drug-likeness (QED) is 0.509. The van der Waals surface area contributed by atoms with Gasteiger partial charge in [-0.15, -0.1) is 0 Å². The Morgan fingerprint density at radius 3 is 2.57 bits per heavy atom. The third-order valence-electron chi connectivity index (χ3n) is 4.43. The first-order valence-electron chi connectivity index (χ1n) is 8.99. The molecule has 0 bridgehead atoms. The number of halogens is 1. The van der Waals surface area contributed by atoms with Crippen LogP contribution in [0.4, 0.5) is 4.39 Å². The smallest absolute Gasteiger partial charge is 0.267 e. The second-order valence-corrected chi connectivity index (χ2v) is 6.52. The molecule has 0 saturated carbocycles. The van der Waals surface area contributed by atoms with Crippen LogP contribution < -0.4 is 10.1 Å². The maximum Gasteiger partial charge on any atom is 0.267 e. The molecule has 4 aromatic rings. The van der Waals surface area contributed by atoms with E-state index in [-0.39, 0.29) is 18.3 Å². The largest absolute Gasteiger partial charge is 0.489 e. The number of hydrogen-bond donors (Lipinski definition) is 2. The summed E-state index contributed by atoms with van der Waals surface area (Å²) in [7, 11) is 0. The molecule has 2 N–H and O–H groups in total. The Morgan fingerprint density at radius 1 is 0.929 bits per heavy atom. The number of carbonyl (C=O) groups excluding carboxylic acids is 1. The molecule has 0 spiro atoms. The van der Waals surface area contributed by atoms with Crippen LogP contribution in [-0.4, -0.2) is 10.9 Å². The second-order valence-electron chi connectivity index (χ2n) is 6.52. The molecule has 3 aromatic carbocycles. The third kappa shape index (κ3) is 4.20. The molecule has 0 saturated heterocycles. The molecule has 28 heavy (non-hydrogen) atoms. The molecule has 5 heteroatoms. The molecule has 0 aliphatic heterocycles. The van der Waals surface area contributed by atoms with E-state index in [0.717, 1.165) is 22.2 Å². The number of carbonyl (C=O) groups is 1. The fraction of sp³-hybridized carbons (Fsp3) is 0.0870. The Bertz CT molecular complexity index is 1110. The van der Waals surface area contributed by atoms with E-state index in [9.17, 15) is 9.18 Å². The van der Waals surface area contributed by atoms with Crippen LogP contribution >= 0.6 is 0 Å². The SMILES string of the molecule is O=C(NCc1cccc(F)c1)c1cc2ccc(OCc3ccccc3)cc2[nH]1. The summed E-state index contributed by atoms with van der Waals surface area (Å²) < 4.78 is 19.1. The predicted molar refractivity (Wildman–Crippen MR) is 107 cm³/mol. The highest BCUT2D eigenvalue weighted by Crippen LogP contribution is 2.22. The van der Waals surface area contributed by atoms with E-state index < -0.39 is 0 Å². The Kier molecular flexibility index (Phi) is 5.06. The van der Waals surface area contributed by atoms with Crippen molar-refractivity contribution in [1.29, 1.82) is 0 Å². The number of amides is 1. The summed E-state index contributed by atoms with van der Waals surface area (Å²) in [6, 6.07) is 23.6. The van der Waals surface area contributed by atoms with E-state index in [1.165, 1.54) is 12.1 Å². The van der Waals surface area contributed by atoms with Gasteiger partial charge >= 0.3 is 0 Å². The highest BCUT2D eigenvalue weighted by molar-refractivity contribution is 5.98. The number of rotatable bonds is 6. The summed E-state index contributed by atoms with van der Waals surface area (Å²) in [6.07, 6.45) is 0. The average molecular weight is 374 g/mol. The van der Waals surface area contributed by atoms with Crippen molar-refractivity contribution in [2.24, 2.45) is 0 Å². The van der Waals surface area contributed by atoms with Crippen LogP contribution in [0.1, 0.15) is 21.6 Å². The van der Waals surface area contributed by atoms with Gasteiger partial charge in [0.2, 0.25) is 0 Å². The maximum atomic E-state index is 13.2. The lowest BCUT2D eigenvalue weighted by Crippen LogP contribution is -2.23. The number of H-pyrrole nitrogens is 1. The summed E-state index contributed by atoms with van der Waals surface area (Å²) in [5.41, 5.74) is 3.07. The monoisotopic (exact) mass is 374 g/mol. The van der Waals surface area contributed by atoms with Gasteiger partial charge in [-0.2, -0.15) is 0 Å². The van der Waals surface area contributed by atoms with Crippen LogP contribution in [-0.2, 0) is 13.2 Å². The second kappa shape index (κ2) is 7.96. The van der Waals surface area contributed by atoms with Crippen LogP contribution in [0.2, 0.25) is 0 Å². The zero-order valence-corrected chi connectivity index (χ0v) is 15.1. The molecule has 1 amide bonds. The molecule has 0 fully saturated rings. The Balaban J connectivity index is 1.43. The van der Waals surface area contributed by atoms with Gasteiger partial charge in [0.1, 0.15) is 23.9 Å². The number of fused-ring (bicyclic) bond motifs is 1. The Hall–Kier alpha value is -3.60. The van der Waals surface area contributed by atoms with Gasteiger partial charge < -0.3 is 15.0 Å². The van der Waals surface area contributed by atoms with Gasteiger partial charge in [0.05, 0.1) is 0 Å². The summed E-state index contributed by atoms with van der Waals surface area (Å²) >= 11 is 0. The lowest BCUT2D eigenvalue weighted by atomic mass is 10.2. The number of aromatic amines is 1. The van der Waals surface area contributed by atoms with E-state index in [1.54, 1.807) is 18.2 Å². The van der Waals surface area contributed by atoms with Gasteiger partial charge in [-0.05, 0) is 41.5 Å². The minimum atomic E-state index is -0.319. The van der Waals surface area contributed by atoms with E-state index in [0.29, 0.717) is 17.9 Å². The molecule has 0 atom stereocenters. The number of nitrogens with one attached hydrogen (secondary N) is 2. The van der Waals surface area contributed by atoms with Gasteiger partial charge in [0.25, 0.3) is 5.91 Å². The molecule has 0 aliphatic carbocycles. The predicted octanol–water partition coefficient (Wildman–Crippen LogP) is 4.82. The lowest BCUT2D eigenvalue weighted by Gasteiger charge is -2.06. The molecule has 4 rings (SSSR count). The van der Waals surface area contributed by atoms with Crippen molar-refractivity contribution in [3.05, 3.63) is 102 Å². The summed E-state index contributed by atoms with van der Waals surface area (Å²) in [6.45, 7) is 0.741. The molecule has 0 aliphatic rings. The van der Waals surface area contributed by atoms with Gasteiger partial charge in [0, 0.05) is 23.5 Å². The topological polar surface area (TPSA) is 54.1 Å². The molecule has 140 valence electrons. The van der Waals surface area contributed by atoms with Crippen LogP contribution in [0.25, 0.3) is 10.9 Å². The van der Waals surface area contributed by atoms with Crippen LogP contribution in [0.15, 0.2) is 78.9 Å². The van der Waals surface area contributed by atoms with Crippen molar-refractivity contribution in [1.82, 2.24) is 10.3 Å². The highest BCUT2D eigenvalue weighted by atomic mass is 19.1. The van der Waals surface area contributed by atoms with Crippen LogP contribution in [0.3, 0.4) is 0 Å². The zero-order valence-electron chi connectivity index (χ0n) is 15.1. The normalized spacial score (nSPS) is 10.8. The summed E-state index contributed by atoms with van der Waals surface area (Å²) in [5, 5.41) is 3.72. The van der Waals surface area contributed by atoms with Crippen molar-refractivity contribution in [3.8, 4) is 5.75 Å². The van der Waals surface area contributed by atoms with Crippen molar-refractivity contribution < 1.29 is 13.9 Å². The van der Waals surface area contributed by atoms with Crippen molar-refractivity contribution in [2.45, 2.75) is 13.2 Å². The van der Waals surface area contributed by atoms with Crippen molar-refractivity contribution >= 4 is 16.8 Å². The standard InChI is InChI=1S/C23H19FN2O2/c24-19-8-4-7-17(11-19)14-25-23(27)22-12-18-9-10-20(13-21(18)26-22)28-15-16-5-2-1-3-6-16/h1-13,26H,14-15H2,(H,25,27). The Morgan fingerprint density at radius 2 is 1.75 bits per heavy atom. The fourth-order valence-corrected chi connectivity index (χ4v) is 2.98. The fourth-order valence-electron chi connectivity index (χ4n) is 2.98. The number of aromatic nitrogens is 1. The lowest BCUT2D eigenvalue weighted by molar-refractivity contribution is 0.0946. The molecule has 1 heterocycles. The summed E-state index contributed by atoms with van der Waals surface area (Å²) in [5.74, 6) is 0.164. The molecule has 0 radical (unpaired) electrons. The first-order chi connectivity index (χ1) is 13.7. The minimum absolute atomic E-state index is 0.243. The van der Waals surface area contributed by atoms with E-state index >= 15 is 0 Å². The van der Waals surface area contributed by atoms with Crippen molar-refractivity contribution in [3.63, 3.8) is 0 Å². The Labute approximate surface area is 162 Å². The van der Waals surface area contributed by atoms with Gasteiger partial charge in [0.15, 0.2) is 0 Å². The van der Waals surface area contributed by atoms with E-state index in [4.69, 9.17) is 4.74 Å².